The number of carbonyl (C=O) groups is 2. The standard InChI is InChI=1S/C17H21N5O2/c1-18-16(23)15-7-6-13(11-19-15)17(24)22-10-3-2-5-14(22)12-21-9-4-8-20-21/h4,6-9,11,14H,2-3,5,10,12H2,1H3,(H,18,23). The molecule has 1 aliphatic heterocycles. The minimum Gasteiger partial charge on any atom is -0.354 e. The van der Waals surface area contributed by atoms with Crippen LogP contribution in [0.1, 0.15) is 40.1 Å². The van der Waals surface area contributed by atoms with E-state index in [4.69, 9.17) is 0 Å². The van der Waals surface area contributed by atoms with E-state index in [1.54, 1.807) is 25.4 Å². The van der Waals surface area contributed by atoms with E-state index in [1.165, 1.54) is 6.20 Å². The number of pyridine rings is 1. The van der Waals surface area contributed by atoms with Gasteiger partial charge in [-0.3, -0.25) is 19.3 Å². The molecule has 2 aromatic rings. The van der Waals surface area contributed by atoms with Gasteiger partial charge in [-0.1, -0.05) is 0 Å². The molecule has 7 nitrogen and oxygen atoms in total. The SMILES string of the molecule is CNC(=O)c1ccc(C(=O)N2CCCCC2Cn2cccn2)cn1. The molecular weight excluding hydrogens is 306 g/mol. The maximum Gasteiger partial charge on any atom is 0.269 e. The number of nitrogens with zero attached hydrogens (tertiary/aromatic N) is 4. The smallest absolute Gasteiger partial charge is 0.269 e. The zero-order chi connectivity index (χ0) is 16.9. The highest BCUT2D eigenvalue weighted by molar-refractivity contribution is 5.96. The summed E-state index contributed by atoms with van der Waals surface area (Å²) in [6.07, 6.45) is 8.23. The van der Waals surface area contributed by atoms with Crippen LogP contribution in [0.25, 0.3) is 0 Å². The van der Waals surface area contributed by atoms with Crippen molar-refractivity contribution in [1.82, 2.24) is 25.0 Å². The van der Waals surface area contributed by atoms with Crippen LogP contribution in [0.4, 0.5) is 0 Å². The van der Waals surface area contributed by atoms with Gasteiger partial charge in [-0.25, -0.2) is 0 Å². The van der Waals surface area contributed by atoms with Crippen LogP contribution in [-0.4, -0.2) is 51.1 Å². The highest BCUT2D eigenvalue weighted by atomic mass is 16.2. The van der Waals surface area contributed by atoms with Crippen LogP contribution in [0.2, 0.25) is 0 Å². The molecule has 24 heavy (non-hydrogen) atoms. The minimum atomic E-state index is -0.261. The zero-order valence-corrected chi connectivity index (χ0v) is 13.7. The summed E-state index contributed by atoms with van der Waals surface area (Å²) in [7, 11) is 1.55. The van der Waals surface area contributed by atoms with Crippen LogP contribution in [-0.2, 0) is 6.54 Å². The molecule has 1 aliphatic rings. The Kier molecular flexibility index (Phi) is 4.88. The summed E-state index contributed by atoms with van der Waals surface area (Å²) in [4.78, 5) is 30.4. The Bertz CT molecular complexity index is 696. The molecule has 7 heteroatoms. The van der Waals surface area contributed by atoms with E-state index in [0.29, 0.717) is 17.8 Å². The summed E-state index contributed by atoms with van der Waals surface area (Å²) in [5.74, 6) is -0.300. The van der Waals surface area contributed by atoms with Crippen molar-refractivity contribution in [2.45, 2.75) is 31.8 Å². The lowest BCUT2D eigenvalue weighted by atomic mass is 10.0. The Hall–Kier alpha value is -2.70. The number of likely N-dealkylation sites (tertiary alicyclic amines) is 1. The van der Waals surface area contributed by atoms with E-state index in [2.05, 4.69) is 15.4 Å². The van der Waals surface area contributed by atoms with Crippen molar-refractivity contribution in [3.8, 4) is 0 Å². The summed E-state index contributed by atoms with van der Waals surface area (Å²) >= 11 is 0. The first-order valence-corrected chi connectivity index (χ1v) is 8.15. The van der Waals surface area contributed by atoms with Crippen molar-refractivity contribution in [2.24, 2.45) is 0 Å². The van der Waals surface area contributed by atoms with Crippen LogP contribution in [0.15, 0.2) is 36.8 Å². The fourth-order valence-electron chi connectivity index (χ4n) is 3.03. The molecule has 3 heterocycles. The average Bonchev–Trinajstić information content (AvgIpc) is 3.14. The highest BCUT2D eigenvalue weighted by Crippen LogP contribution is 2.21. The van der Waals surface area contributed by atoms with Crippen molar-refractivity contribution in [2.75, 3.05) is 13.6 Å². The number of hydrogen-bond acceptors (Lipinski definition) is 4. The predicted octanol–water partition coefficient (Wildman–Crippen LogP) is 1.33. The van der Waals surface area contributed by atoms with Crippen molar-refractivity contribution in [3.63, 3.8) is 0 Å². The largest absolute Gasteiger partial charge is 0.354 e. The Morgan fingerprint density at radius 3 is 2.88 bits per heavy atom. The van der Waals surface area contributed by atoms with Gasteiger partial charge in [0.05, 0.1) is 18.2 Å². The lowest BCUT2D eigenvalue weighted by molar-refractivity contribution is 0.0583. The molecular formula is C17H21N5O2. The number of aromatic nitrogens is 3. The monoisotopic (exact) mass is 327 g/mol. The molecule has 126 valence electrons. The second-order valence-electron chi connectivity index (χ2n) is 5.89. The number of nitrogens with one attached hydrogen (secondary N) is 1. The quantitative estimate of drug-likeness (QED) is 0.919. The van der Waals surface area contributed by atoms with E-state index in [-0.39, 0.29) is 17.9 Å². The van der Waals surface area contributed by atoms with Gasteiger partial charge in [0.25, 0.3) is 11.8 Å². The second kappa shape index (κ2) is 7.25. The summed E-state index contributed by atoms with van der Waals surface area (Å²) in [5.41, 5.74) is 0.816. The number of amides is 2. The van der Waals surface area contributed by atoms with Crippen LogP contribution in [0.3, 0.4) is 0 Å². The lowest BCUT2D eigenvalue weighted by Gasteiger charge is -2.35. The molecule has 1 atom stereocenters. The maximum atomic E-state index is 12.8. The molecule has 1 fully saturated rings. The molecule has 0 saturated carbocycles. The van der Waals surface area contributed by atoms with Crippen LogP contribution >= 0.6 is 0 Å². The number of carbonyl (C=O) groups excluding carboxylic acids is 2. The molecule has 1 N–H and O–H groups in total. The molecule has 2 amide bonds. The zero-order valence-electron chi connectivity index (χ0n) is 13.7. The normalized spacial score (nSPS) is 17.5. The van der Waals surface area contributed by atoms with Gasteiger partial charge in [0, 0.05) is 32.2 Å². The topological polar surface area (TPSA) is 80.1 Å². The van der Waals surface area contributed by atoms with Crippen molar-refractivity contribution in [3.05, 3.63) is 48.0 Å². The molecule has 0 spiro atoms. The summed E-state index contributed by atoms with van der Waals surface area (Å²) < 4.78 is 1.86. The minimum absolute atomic E-state index is 0.0391. The third kappa shape index (κ3) is 3.45. The fourth-order valence-corrected chi connectivity index (χ4v) is 3.03. The maximum absolute atomic E-state index is 12.8. The summed E-state index contributed by atoms with van der Waals surface area (Å²) in [6.45, 7) is 1.43. The summed E-state index contributed by atoms with van der Waals surface area (Å²) in [5, 5.41) is 6.76. The molecule has 0 aliphatic carbocycles. The lowest BCUT2D eigenvalue weighted by Crippen LogP contribution is -2.46. The highest BCUT2D eigenvalue weighted by Gasteiger charge is 2.28. The molecule has 1 saturated heterocycles. The van der Waals surface area contributed by atoms with Gasteiger partial charge in [-0.15, -0.1) is 0 Å². The van der Waals surface area contributed by atoms with Gasteiger partial charge in [0.15, 0.2) is 0 Å². The van der Waals surface area contributed by atoms with E-state index in [0.717, 1.165) is 25.8 Å². The molecule has 0 bridgehead atoms. The first-order valence-electron chi connectivity index (χ1n) is 8.15. The Morgan fingerprint density at radius 2 is 2.21 bits per heavy atom. The second-order valence-corrected chi connectivity index (χ2v) is 5.89. The summed E-state index contributed by atoms with van der Waals surface area (Å²) in [6, 6.07) is 5.26. The number of piperidine rings is 1. The number of rotatable bonds is 4. The Labute approximate surface area is 140 Å². The van der Waals surface area contributed by atoms with Crippen LogP contribution < -0.4 is 5.32 Å². The molecule has 0 aromatic carbocycles. The van der Waals surface area contributed by atoms with Gasteiger partial charge in [0.2, 0.25) is 0 Å². The van der Waals surface area contributed by atoms with Crippen molar-refractivity contribution < 1.29 is 9.59 Å². The van der Waals surface area contributed by atoms with E-state index < -0.39 is 0 Å². The third-order valence-electron chi connectivity index (χ3n) is 4.32. The van der Waals surface area contributed by atoms with Gasteiger partial charge in [0.1, 0.15) is 5.69 Å². The first-order chi connectivity index (χ1) is 11.7. The van der Waals surface area contributed by atoms with Crippen LogP contribution in [0, 0.1) is 0 Å². The van der Waals surface area contributed by atoms with E-state index in [1.807, 2.05) is 21.8 Å². The van der Waals surface area contributed by atoms with Gasteiger partial charge < -0.3 is 10.2 Å². The van der Waals surface area contributed by atoms with Gasteiger partial charge in [-0.2, -0.15) is 5.10 Å². The molecule has 1 unspecified atom stereocenters. The van der Waals surface area contributed by atoms with Crippen molar-refractivity contribution in [1.29, 1.82) is 0 Å². The van der Waals surface area contributed by atoms with Gasteiger partial charge >= 0.3 is 0 Å². The Balaban J connectivity index is 1.74. The van der Waals surface area contributed by atoms with Crippen molar-refractivity contribution >= 4 is 11.8 Å². The first kappa shape index (κ1) is 16.2. The molecule has 0 radical (unpaired) electrons. The Morgan fingerprint density at radius 1 is 1.33 bits per heavy atom. The molecule has 2 aromatic heterocycles. The predicted molar refractivity (Wildman–Crippen MR) is 88.5 cm³/mol. The average molecular weight is 327 g/mol. The van der Waals surface area contributed by atoms with Crippen LogP contribution in [0.5, 0.6) is 0 Å². The fraction of sp³-hybridized carbons (Fsp3) is 0.412. The van der Waals surface area contributed by atoms with E-state index >= 15 is 0 Å². The number of hydrogen-bond donors (Lipinski definition) is 1. The molecule has 3 rings (SSSR count). The van der Waals surface area contributed by atoms with E-state index in [9.17, 15) is 9.59 Å². The third-order valence-corrected chi connectivity index (χ3v) is 4.32. The van der Waals surface area contributed by atoms with Gasteiger partial charge in [-0.05, 0) is 37.5 Å².